The van der Waals surface area contributed by atoms with Crippen LogP contribution in [0, 0.1) is 11.7 Å². The van der Waals surface area contributed by atoms with Gasteiger partial charge >= 0.3 is 0 Å². The van der Waals surface area contributed by atoms with Crippen LogP contribution in [0.3, 0.4) is 0 Å². The van der Waals surface area contributed by atoms with Gasteiger partial charge in [-0.05, 0) is 47.5 Å². The van der Waals surface area contributed by atoms with E-state index in [0.717, 1.165) is 11.1 Å². The third-order valence-electron chi connectivity index (χ3n) is 6.46. The lowest BCUT2D eigenvalue weighted by Gasteiger charge is -2.21. The Labute approximate surface area is 209 Å². The first kappa shape index (κ1) is 25.0. The number of halogens is 1. The molecule has 0 spiro atoms. The van der Waals surface area contributed by atoms with Gasteiger partial charge in [0, 0.05) is 31.1 Å². The number of carbonyl (C=O) groups excluding carboxylic acids is 2. The van der Waals surface area contributed by atoms with Crippen molar-refractivity contribution >= 4 is 11.8 Å². The Kier molecular flexibility index (Phi) is 7.73. The van der Waals surface area contributed by atoms with Crippen LogP contribution in [0.2, 0.25) is 0 Å². The van der Waals surface area contributed by atoms with Gasteiger partial charge in [0.2, 0.25) is 11.7 Å². The molecule has 4 rings (SSSR count). The minimum atomic E-state index is -0.513. The van der Waals surface area contributed by atoms with E-state index in [9.17, 15) is 14.0 Å². The molecule has 0 aromatic heterocycles. The number of benzene rings is 3. The summed E-state index contributed by atoms with van der Waals surface area (Å²) in [5.74, 6) is -0.0752. The summed E-state index contributed by atoms with van der Waals surface area (Å²) in [5, 5.41) is 2.95. The Balaban J connectivity index is 1.64. The van der Waals surface area contributed by atoms with Gasteiger partial charge in [0.25, 0.3) is 5.91 Å². The summed E-state index contributed by atoms with van der Waals surface area (Å²) in [6, 6.07) is 18.6. The van der Waals surface area contributed by atoms with E-state index in [-0.39, 0.29) is 36.6 Å². The number of ether oxygens (including phenoxy) is 3. The molecule has 1 heterocycles. The summed E-state index contributed by atoms with van der Waals surface area (Å²) in [7, 11) is 4.60. The molecule has 1 saturated heterocycles. The van der Waals surface area contributed by atoms with Crippen LogP contribution in [0.1, 0.15) is 27.4 Å². The van der Waals surface area contributed by atoms with Crippen LogP contribution >= 0.6 is 0 Å². The second-order valence-corrected chi connectivity index (χ2v) is 8.59. The molecule has 7 nitrogen and oxygen atoms in total. The second-order valence-electron chi connectivity index (χ2n) is 8.59. The lowest BCUT2D eigenvalue weighted by molar-refractivity contribution is -0.125. The molecule has 0 aliphatic carbocycles. The van der Waals surface area contributed by atoms with Crippen molar-refractivity contribution in [1.29, 1.82) is 0 Å². The van der Waals surface area contributed by atoms with Gasteiger partial charge in [-0.3, -0.25) is 9.59 Å². The first-order chi connectivity index (χ1) is 17.4. The van der Waals surface area contributed by atoms with Gasteiger partial charge in [-0.25, -0.2) is 4.39 Å². The lowest BCUT2D eigenvalue weighted by atomic mass is 9.87. The molecular formula is C28H29FN2O5. The highest BCUT2D eigenvalue weighted by Gasteiger charge is 2.41. The Morgan fingerprint density at radius 2 is 1.56 bits per heavy atom. The van der Waals surface area contributed by atoms with Crippen molar-refractivity contribution < 1.29 is 28.2 Å². The zero-order chi connectivity index (χ0) is 25.7. The number of nitrogens with zero attached hydrogens (tertiary/aromatic N) is 1. The monoisotopic (exact) mass is 492 g/mol. The molecule has 188 valence electrons. The first-order valence-corrected chi connectivity index (χ1v) is 11.6. The van der Waals surface area contributed by atoms with Crippen molar-refractivity contribution in [2.45, 2.75) is 12.5 Å². The molecule has 2 atom stereocenters. The number of amides is 2. The topological polar surface area (TPSA) is 77.1 Å². The van der Waals surface area contributed by atoms with Crippen LogP contribution in [0.5, 0.6) is 17.2 Å². The van der Waals surface area contributed by atoms with Crippen LogP contribution in [0.25, 0.3) is 0 Å². The highest BCUT2D eigenvalue weighted by molar-refractivity contribution is 5.95. The first-order valence-electron chi connectivity index (χ1n) is 11.6. The Morgan fingerprint density at radius 1 is 0.917 bits per heavy atom. The molecule has 8 heteroatoms. The van der Waals surface area contributed by atoms with Crippen LogP contribution < -0.4 is 19.5 Å². The normalized spacial score (nSPS) is 16.9. The Bertz CT molecular complexity index is 1190. The predicted octanol–water partition coefficient (Wildman–Crippen LogP) is 4.02. The molecule has 1 N–H and O–H groups in total. The predicted molar refractivity (Wildman–Crippen MR) is 133 cm³/mol. The number of likely N-dealkylation sites (tertiary alicyclic amines) is 1. The molecule has 2 amide bonds. The molecule has 1 aliphatic rings. The molecular weight excluding hydrogens is 463 g/mol. The molecule has 1 fully saturated rings. The van der Waals surface area contributed by atoms with Crippen LogP contribution in [0.15, 0.2) is 66.7 Å². The van der Waals surface area contributed by atoms with Crippen molar-refractivity contribution in [3.8, 4) is 17.2 Å². The Morgan fingerprint density at radius 3 is 2.14 bits per heavy atom. The number of methoxy groups -OCH3 is 3. The molecule has 3 aromatic carbocycles. The summed E-state index contributed by atoms with van der Waals surface area (Å²) < 4.78 is 29.7. The zero-order valence-electron chi connectivity index (χ0n) is 20.5. The fraction of sp³-hybridized carbons (Fsp3) is 0.286. The third kappa shape index (κ3) is 5.27. The van der Waals surface area contributed by atoms with E-state index in [4.69, 9.17) is 14.2 Å². The molecule has 0 radical (unpaired) electrons. The summed E-state index contributed by atoms with van der Waals surface area (Å²) in [5.41, 5.74) is 2.15. The SMILES string of the molecule is COc1cc([C@@H]2CN(C(=O)c3ccccc3)C[C@@H]2C(=O)NCc2ccc(F)cc2)cc(OC)c1OC. The van der Waals surface area contributed by atoms with Gasteiger partial charge in [0.05, 0.1) is 27.2 Å². The smallest absolute Gasteiger partial charge is 0.253 e. The maximum atomic E-state index is 13.4. The summed E-state index contributed by atoms with van der Waals surface area (Å²) in [4.78, 5) is 28.3. The largest absolute Gasteiger partial charge is 0.493 e. The average Bonchev–Trinajstić information content (AvgIpc) is 3.37. The zero-order valence-corrected chi connectivity index (χ0v) is 20.5. The fourth-order valence-corrected chi connectivity index (χ4v) is 4.57. The lowest BCUT2D eigenvalue weighted by Crippen LogP contribution is -2.35. The van der Waals surface area contributed by atoms with Crippen LogP contribution in [0.4, 0.5) is 4.39 Å². The highest BCUT2D eigenvalue weighted by atomic mass is 19.1. The van der Waals surface area contributed by atoms with Gasteiger partial charge in [-0.2, -0.15) is 0 Å². The third-order valence-corrected chi connectivity index (χ3v) is 6.46. The summed E-state index contributed by atoms with van der Waals surface area (Å²) in [6.45, 7) is 0.857. The fourth-order valence-electron chi connectivity index (χ4n) is 4.57. The van der Waals surface area contributed by atoms with Crippen LogP contribution in [-0.2, 0) is 11.3 Å². The molecule has 3 aromatic rings. The van der Waals surface area contributed by atoms with Gasteiger partial charge < -0.3 is 24.4 Å². The van der Waals surface area contributed by atoms with E-state index < -0.39 is 5.92 Å². The minimum absolute atomic E-state index is 0.137. The maximum absolute atomic E-state index is 13.4. The molecule has 1 aliphatic heterocycles. The van der Waals surface area contributed by atoms with Crippen molar-refractivity contribution in [1.82, 2.24) is 10.2 Å². The highest BCUT2D eigenvalue weighted by Crippen LogP contribution is 2.43. The Hall–Kier alpha value is -4.07. The number of nitrogens with one attached hydrogen (secondary N) is 1. The van der Waals surface area contributed by atoms with E-state index in [1.165, 1.54) is 33.5 Å². The average molecular weight is 493 g/mol. The number of hydrogen-bond acceptors (Lipinski definition) is 5. The van der Waals surface area contributed by atoms with Crippen molar-refractivity contribution in [3.05, 3.63) is 89.2 Å². The number of hydrogen-bond donors (Lipinski definition) is 1. The van der Waals surface area contributed by atoms with E-state index >= 15 is 0 Å². The van der Waals surface area contributed by atoms with Crippen molar-refractivity contribution in [2.75, 3.05) is 34.4 Å². The van der Waals surface area contributed by atoms with Gasteiger partial charge in [0.1, 0.15) is 5.82 Å². The molecule has 0 unspecified atom stereocenters. The molecule has 36 heavy (non-hydrogen) atoms. The van der Waals surface area contributed by atoms with E-state index in [1.54, 1.807) is 29.2 Å². The molecule has 0 bridgehead atoms. The van der Waals surface area contributed by atoms with Gasteiger partial charge in [0.15, 0.2) is 11.5 Å². The minimum Gasteiger partial charge on any atom is -0.493 e. The van der Waals surface area contributed by atoms with E-state index in [0.29, 0.717) is 29.4 Å². The van der Waals surface area contributed by atoms with Crippen molar-refractivity contribution in [3.63, 3.8) is 0 Å². The maximum Gasteiger partial charge on any atom is 0.253 e. The van der Waals surface area contributed by atoms with Gasteiger partial charge in [-0.1, -0.05) is 30.3 Å². The molecule has 0 saturated carbocycles. The van der Waals surface area contributed by atoms with Crippen molar-refractivity contribution in [2.24, 2.45) is 5.92 Å². The van der Waals surface area contributed by atoms with E-state index in [2.05, 4.69) is 5.32 Å². The number of carbonyl (C=O) groups is 2. The summed E-state index contributed by atoms with van der Waals surface area (Å²) in [6.07, 6.45) is 0. The second kappa shape index (κ2) is 11.1. The summed E-state index contributed by atoms with van der Waals surface area (Å²) >= 11 is 0. The van der Waals surface area contributed by atoms with Crippen LogP contribution in [-0.4, -0.2) is 51.1 Å². The number of rotatable bonds is 8. The standard InChI is InChI=1S/C28H29FN2O5/c1-34-24-13-20(14-25(35-2)26(24)36-3)22-16-31(28(33)19-7-5-4-6-8-19)17-23(22)27(32)30-15-18-9-11-21(29)12-10-18/h4-14,22-23H,15-17H2,1-3H3,(H,30,32)/t22-,23-/m0/s1. The quantitative estimate of drug-likeness (QED) is 0.514. The van der Waals surface area contributed by atoms with E-state index in [1.807, 2.05) is 30.3 Å². The van der Waals surface area contributed by atoms with Gasteiger partial charge in [-0.15, -0.1) is 0 Å².